The van der Waals surface area contributed by atoms with E-state index in [0.29, 0.717) is 11.6 Å². The SMILES string of the molecule is CC(C)c1ccccc1NC(=O)Nc1cccc(F)c1. The van der Waals surface area contributed by atoms with Crippen molar-refractivity contribution in [3.63, 3.8) is 0 Å². The van der Waals surface area contributed by atoms with Gasteiger partial charge in [-0.15, -0.1) is 0 Å². The predicted octanol–water partition coefficient (Wildman–Crippen LogP) is 4.59. The van der Waals surface area contributed by atoms with E-state index in [1.54, 1.807) is 12.1 Å². The van der Waals surface area contributed by atoms with Crippen LogP contribution in [0.5, 0.6) is 0 Å². The summed E-state index contributed by atoms with van der Waals surface area (Å²) >= 11 is 0. The summed E-state index contributed by atoms with van der Waals surface area (Å²) in [7, 11) is 0. The van der Waals surface area contributed by atoms with Crippen LogP contribution in [0, 0.1) is 5.82 Å². The lowest BCUT2D eigenvalue weighted by atomic mass is 10.0. The normalized spacial score (nSPS) is 10.4. The molecule has 0 aliphatic rings. The number of amides is 2. The molecule has 2 aromatic carbocycles. The van der Waals surface area contributed by atoms with Crippen molar-refractivity contribution >= 4 is 17.4 Å². The average molecular weight is 272 g/mol. The number of para-hydroxylation sites is 1. The van der Waals surface area contributed by atoms with Crippen LogP contribution in [0.4, 0.5) is 20.6 Å². The molecule has 0 aliphatic heterocycles. The fourth-order valence-electron chi connectivity index (χ4n) is 1.97. The Morgan fingerprint density at radius 2 is 1.80 bits per heavy atom. The lowest BCUT2D eigenvalue weighted by Crippen LogP contribution is -2.20. The summed E-state index contributed by atoms with van der Waals surface area (Å²) in [6.07, 6.45) is 0. The number of halogens is 1. The summed E-state index contributed by atoms with van der Waals surface area (Å²) in [5.41, 5.74) is 2.24. The van der Waals surface area contributed by atoms with Crippen LogP contribution in [0.15, 0.2) is 48.5 Å². The number of carbonyl (C=O) groups is 1. The molecule has 0 saturated heterocycles. The molecule has 20 heavy (non-hydrogen) atoms. The summed E-state index contributed by atoms with van der Waals surface area (Å²) in [6, 6.07) is 13.0. The highest BCUT2D eigenvalue weighted by Gasteiger charge is 2.09. The molecular weight excluding hydrogens is 255 g/mol. The second kappa shape index (κ2) is 6.19. The maximum atomic E-state index is 13.0. The van der Waals surface area contributed by atoms with Crippen LogP contribution in [0.3, 0.4) is 0 Å². The van der Waals surface area contributed by atoms with Crippen molar-refractivity contribution in [2.45, 2.75) is 19.8 Å². The van der Waals surface area contributed by atoms with Gasteiger partial charge in [0.1, 0.15) is 5.82 Å². The maximum absolute atomic E-state index is 13.0. The van der Waals surface area contributed by atoms with Gasteiger partial charge in [-0.3, -0.25) is 0 Å². The molecule has 0 bridgehead atoms. The van der Waals surface area contributed by atoms with Crippen LogP contribution in [0.2, 0.25) is 0 Å². The number of carbonyl (C=O) groups excluding carboxylic acids is 1. The van der Waals surface area contributed by atoms with Crippen LogP contribution >= 0.6 is 0 Å². The number of anilines is 2. The van der Waals surface area contributed by atoms with Gasteiger partial charge in [0.05, 0.1) is 0 Å². The van der Waals surface area contributed by atoms with Crippen molar-refractivity contribution < 1.29 is 9.18 Å². The fourth-order valence-corrected chi connectivity index (χ4v) is 1.97. The molecule has 0 spiro atoms. The number of urea groups is 1. The number of hydrogen-bond donors (Lipinski definition) is 2. The zero-order valence-electron chi connectivity index (χ0n) is 11.5. The highest BCUT2D eigenvalue weighted by Crippen LogP contribution is 2.23. The van der Waals surface area contributed by atoms with Gasteiger partial charge in [0.2, 0.25) is 0 Å². The van der Waals surface area contributed by atoms with Crippen molar-refractivity contribution in [3.8, 4) is 0 Å². The largest absolute Gasteiger partial charge is 0.323 e. The minimum absolute atomic E-state index is 0.306. The van der Waals surface area contributed by atoms with Crippen LogP contribution in [0.25, 0.3) is 0 Å². The molecule has 104 valence electrons. The minimum atomic E-state index is -0.385. The molecule has 0 heterocycles. The van der Waals surface area contributed by atoms with Gasteiger partial charge < -0.3 is 10.6 Å². The quantitative estimate of drug-likeness (QED) is 0.842. The lowest BCUT2D eigenvalue weighted by Gasteiger charge is -2.14. The van der Waals surface area contributed by atoms with Crippen LogP contribution in [0.1, 0.15) is 25.3 Å². The Kier molecular flexibility index (Phi) is 4.35. The molecule has 2 rings (SSSR count). The van der Waals surface area contributed by atoms with Gasteiger partial charge in [-0.25, -0.2) is 9.18 Å². The van der Waals surface area contributed by atoms with E-state index < -0.39 is 0 Å². The first-order valence-electron chi connectivity index (χ1n) is 6.49. The smallest absolute Gasteiger partial charge is 0.308 e. The molecule has 2 amide bonds. The molecule has 0 unspecified atom stereocenters. The Labute approximate surface area is 117 Å². The van der Waals surface area contributed by atoms with Crippen molar-refractivity contribution in [2.24, 2.45) is 0 Å². The standard InChI is InChI=1S/C16H17FN2O/c1-11(2)14-8-3-4-9-15(14)19-16(20)18-13-7-5-6-12(17)10-13/h3-11H,1-2H3,(H2,18,19,20). The average Bonchev–Trinajstić information content (AvgIpc) is 2.38. The Bertz CT molecular complexity index is 611. The molecule has 2 aromatic rings. The first-order chi connectivity index (χ1) is 9.56. The lowest BCUT2D eigenvalue weighted by molar-refractivity contribution is 0.262. The molecule has 2 N–H and O–H groups in total. The Morgan fingerprint density at radius 3 is 2.50 bits per heavy atom. The Morgan fingerprint density at radius 1 is 1.05 bits per heavy atom. The third-order valence-corrected chi connectivity index (χ3v) is 2.91. The maximum Gasteiger partial charge on any atom is 0.323 e. The third kappa shape index (κ3) is 3.57. The first kappa shape index (κ1) is 14.1. The number of rotatable bonds is 3. The van der Waals surface area contributed by atoms with Gasteiger partial charge in [0, 0.05) is 11.4 Å². The third-order valence-electron chi connectivity index (χ3n) is 2.91. The van der Waals surface area contributed by atoms with E-state index in [2.05, 4.69) is 24.5 Å². The van der Waals surface area contributed by atoms with Crippen molar-refractivity contribution in [1.29, 1.82) is 0 Å². The monoisotopic (exact) mass is 272 g/mol. The molecule has 4 heteroatoms. The summed E-state index contributed by atoms with van der Waals surface area (Å²) in [5, 5.41) is 5.39. The van der Waals surface area contributed by atoms with Crippen molar-refractivity contribution in [2.75, 3.05) is 10.6 Å². The van der Waals surface area contributed by atoms with Gasteiger partial charge in [0.25, 0.3) is 0 Å². The van der Waals surface area contributed by atoms with E-state index in [0.717, 1.165) is 11.3 Å². The molecule has 0 atom stereocenters. The number of benzene rings is 2. The second-order valence-electron chi connectivity index (χ2n) is 4.83. The van der Waals surface area contributed by atoms with Gasteiger partial charge in [-0.05, 0) is 35.7 Å². The molecular formula is C16H17FN2O. The van der Waals surface area contributed by atoms with Crippen LogP contribution in [-0.4, -0.2) is 6.03 Å². The minimum Gasteiger partial charge on any atom is -0.308 e. The molecule has 0 radical (unpaired) electrons. The van der Waals surface area contributed by atoms with E-state index in [-0.39, 0.29) is 11.8 Å². The zero-order chi connectivity index (χ0) is 14.5. The van der Waals surface area contributed by atoms with Gasteiger partial charge in [-0.1, -0.05) is 38.1 Å². The van der Waals surface area contributed by atoms with Crippen LogP contribution in [-0.2, 0) is 0 Å². The van der Waals surface area contributed by atoms with E-state index in [4.69, 9.17) is 0 Å². The summed E-state index contributed by atoms with van der Waals surface area (Å²) in [6.45, 7) is 4.12. The highest BCUT2D eigenvalue weighted by atomic mass is 19.1. The van der Waals surface area contributed by atoms with E-state index in [9.17, 15) is 9.18 Å². The molecule has 0 aliphatic carbocycles. The summed E-state index contributed by atoms with van der Waals surface area (Å²) < 4.78 is 13.0. The van der Waals surface area contributed by atoms with Gasteiger partial charge in [0.15, 0.2) is 0 Å². The van der Waals surface area contributed by atoms with Gasteiger partial charge >= 0.3 is 6.03 Å². The van der Waals surface area contributed by atoms with E-state index in [1.807, 2.05) is 24.3 Å². The Hall–Kier alpha value is -2.36. The topological polar surface area (TPSA) is 41.1 Å². The zero-order valence-corrected chi connectivity index (χ0v) is 11.5. The van der Waals surface area contributed by atoms with Crippen LogP contribution < -0.4 is 10.6 Å². The van der Waals surface area contributed by atoms with Crippen molar-refractivity contribution in [1.82, 2.24) is 0 Å². The summed E-state index contributed by atoms with van der Waals surface area (Å²) in [4.78, 5) is 11.9. The van der Waals surface area contributed by atoms with Crippen molar-refractivity contribution in [3.05, 3.63) is 59.9 Å². The fraction of sp³-hybridized carbons (Fsp3) is 0.188. The second-order valence-corrected chi connectivity index (χ2v) is 4.83. The number of nitrogens with one attached hydrogen (secondary N) is 2. The molecule has 3 nitrogen and oxygen atoms in total. The number of hydrogen-bond acceptors (Lipinski definition) is 1. The molecule has 0 aromatic heterocycles. The van der Waals surface area contributed by atoms with E-state index >= 15 is 0 Å². The first-order valence-corrected chi connectivity index (χ1v) is 6.49. The Balaban J connectivity index is 2.09. The van der Waals surface area contributed by atoms with Gasteiger partial charge in [-0.2, -0.15) is 0 Å². The van der Waals surface area contributed by atoms with E-state index in [1.165, 1.54) is 12.1 Å². The highest BCUT2D eigenvalue weighted by molar-refractivity contribution is 6.00. The molecule has 0 fully saturated rings. The molecule has 0 saturated carbocycles. The summed E-state index contributed by atoms with van der Waals surface area (Å²) in [5.74, 6) is -0.0777. The predicted molar refractivity (Wildman–Crippen MR) is 79.6 cm³/mol.